The molecular formula is C12H23NO5. The third-order valence-corrected chi connectivity index (χ3v) is 1.91. The fraction of sp³-hybridized carbons (Fsp3) is 0.833. The van der Waals surface area contributed by atoms with Gasteiger partial charge in [-0.3, -0.25) is 0 Å². The van der Waals surface area contributed by atoms with Gasteiger partial charge in [-0.05, 0) is 40.5 Å². The van der Waals surface area contributed by atoms with Crippen LogP contribution in [0.5, 0.6) is 0 Å². The van der Waals surface area contributed by atoms with Crippen LogP contribution in [0.2, 0.25) is 0 Å². The summed E-state index contributed by atoms with van der Waals surface area (Å²) in [7, 11) is 0. The highest BCUT2D eigenvalue weighted by Gasteiger charge is 2.24. The fourth-order valence-electron chi connectivity index (χ4n) is 1.24. The van der Waals surface area contributed by atoms with Crippen molar-refractivity contribution in [2.24, 2.45) is 0 Å². The largest absolute Gasteiger partial charge is 0.464 e. The van der Waals surface area contributed by atoms with Crippen molar-refractivity contribution in [1.82, 2.24) is 5.32 Å². The highest BCUT2D eigenvalue weighted by molar-refractivity contribution is 5.81. The van der Waals surface area contributed by atoms with Crippen LogP contribution in [0.15, 0.2) is 0 Å². The number of hydrogen-bond acceptors (Lipinski definition) is 5. The molecule has 1 atom stereocenters. The number of aliphatic hydroxyl groups is 1. The third kappa shape index (κ3) is 7.89. The number of amides is 1. The minimum atomic E-state index is -0.785. The van der Waals surface area contributed by atoms with Gasteiger partial charge in [0.15, 0.2) is 0 Å². The molecule has 6 nitrogen and oxygen atoms in total. The summed E-state index contributed by atoms with van der Waals surface area (Å²) in [5.74, 6) is -0.517. The van der Waals surface area contributed by atoms with Gasteiger partial charge in [0.25, 0.3) is 0 Å². The Hall–Kier alpha value is -1.30. The van der Waals surface area contributed by atoms with E-state index in [-0.39, 0.29) is 13.2 Å². The van der Waals surface area contributed by atoms with Crippen molar-refractivity contribution in [1.29, 1.82) is 0 Å². The molecule has 0 aromatic heterocycles. The molecule has 0 heterocycles. The Balaban J connectivity index is 4.39. The van der Waals surface area contributed by atoms with Crippen LogP contribution in [0.3, 0.4) is 0 Å². The third-order valence-electron chi connectivity index (χ3n) is 1.91. The average molecular weight is 261 g/mol. The molecule has 0 aliphatic rings. The molecule has 0 saturated carbocycles. The quantitative estimate of drug-likeness (QED) is 0.702. The molecule has 0 aromatic rings. The molecule has 2 N–H and O–H groups in total. The molecule has 0 aromatic carbocycles. The highest BCUT2D eigenvalue weighted by Crippen LogP contribution is 2.08. The molecule has 0 rings (SSSR count). The van der Waals surface area contributed by atoms with E-state index in [1.54, 1.807) is 27.7 Å². The van der Waals surface area contributed by atoms with Crippen molar-refractivity contribution in [2.75, 3.05) is 13.2 Å². The normalized spacial score (nSPS) is 12.7. The maximum atomic E-state index is 11.6. The molecule has 1 unspecified atom stereocenters. The van der Waals surface area contributed by atoms with E-state index in [9.17, 15) is 9.59 Å². The SMILES string of the molecule is CCOC(=O)C(CCCO)NC(=O)OC(C)(C)C. The number of aliphatic hydroxyl groups excluding tert-OH is 1. The van der Waals surface area contributed by atoms with E-state index in [2.05, 4.69) is 5.32 Å². The fourth-order valence-corrected chi connectivity index (χ4v) is 1.24. The lowest BCUT2D eigenvalue weighted by Crippen LogP contribution is -2.44. The van der Waals surface area contributed by atoms with E-state index in [4.69, 9.17) is 14.6 Å². The summed E-state index contributed by atoms with van der Waals surface area (Å²) in [4.78, 5) is 23.1. The average Bonchev–Trinajstić information content (AvgIpc) is 2.21. The van der Waals surface area contributed by atoms with Gasteiger partial charge in [-0.15, -0.1) is 0 Å². The standard InChI is InChI=1S/C12H23NO5/c1-5-17-10(15)9(7-6-8-14)13-11(16)18-12(2,3)4/h9,14H,5-8H2,1-4H3,(H,13,16). The van der Waals surface area contributed by atoms with Crippen LogP contribution >= 0.6 is 0 Å². The number of esters is 1. The second kappa shape index (κ2) is 7.92. The monoisotopic (exact) mass is 261 g/mol. The molecule has 0 saturated heterocycles. The molecule has 0 aliphatic heterocycles. The van der Waals surface area contributed by atoms with Crippen LogP contribution in [0.4, 0.5) is 4.79 Å². The van der Waals surface area contributed by atoms with Crippen LogP contribution in [0.1, 0.15) is 40.5 Å². The number of ether oxygens (including phenoxy) is 2. The van der Waals surface area contributed by atoms with Gasteiger partial charge in [0.2, 0.25) is 0 Å². The molecule has 0 radical (unpaired) electrons. The number of alkyl carbamates (subject to hydrolysis) is 1. The van der Waals surface area contributed by atoms with Crippen LogP contribution in [-0.4, -0.2) is 42.0 Å². The minimum Gasteiger partial charge on any atom is -0.464 e. The summed E-state index contributed by atoms with van der Waals surface area (Å²) < 4.78 is 9.90. The molecule has 1 amide bonds. The Kier molecular flexibility index (Phi) is 7.35. The summed E-state index contributed by atoms with van der Waals surface area (Å²) in [6.07, 6.45) is 0.0481. The van der Waals surface area contributed by atoms with E-state index in [0.29, 0.717) is 12.8 Å². The van der Waals surface area contributed by atoms with Crippen molar-refractivity contribution in [3.05, 3.63) is 0 Å². The zero-order valence-electron chi connectivity index (χ0n) is 11.5. The number of rotatable bonds is 6. The molecule has 6 heteroatoms. The number of carbonyl (C=O) groups excluding carboxylic acids is 2. The van der Waals surface area contributed by atoms with Crippen molar-refractivity contribution < 1.29 is 24.2 Å². The lowest BCUT2D eigenvalue weighted by atomic mass is 10.1. The second-order valence-corrected chi connectivity index (χ2v) is 4.82. The first kappa shape index (κ1) is 16.7. The molecule has 18 heavy (non-hydrogen) atoms. The molecule has 0 spiro atoms. The summed E-state index contributed by atoms with van der Waals surface area (Å²) in [5.41, 5.74) is -0.625. The lowest BCUT2D eigenvalue weighted by Gasteiger charge is -2.22. The van der Waals surface area contributed by atoms with Gasteiger partial charge in [-0.25, -0.2) is 9.59 Å². The van der Waals surface area contributed by atoms with Crippen molar-refractivity contribution in [3.63, 3.8) is 0 Å². The predicted octanol–water partition coefficient (Wildman–Crippen LogP) is 1.22. The van der Waals surface area contributed by atoms with Gasteiger partial charge >= 0.3 is 12.1 Å². The Morgan fingerprint density at radius 3 is 2.39 bits per heavy atom. The maximum Gasteiger partial charge on any atom is 0.408 e. The first-order valence-electron chi connectivity index (χ1n) is 6.07. The number of hydrogen-bond donors (Lipinski definition) is 2. The van der Waals surface area contributed by atoms with E-state index in [1.807, 2.05) is 0 Å². The van der Waals surface area contributed by atoms with Gasteiger partial charge in [-0.1, -0.05) is 0 Å². The van der Waals surface area contributed by atoms with Crippen LogP contribution in [0, 0.1) is 0 Å². The Bertz CT molecular complexity index is 272. The maximum absolute atomic E-state index is 11.6. The van der Waals surface area contributed by atoms with E-state index < -0.39 is 23.7 Å². The highest BCUT2D eigenvalue weighted by atomic mass is 16.6. The molecule has 106 valence electrons. The summed E-state index contributed by atoms with van der Waals surface area (Å²) in [5, 5.41) is 11.2. The van der Waals surface area contributed by atoms with Gasteiger partial charge in [-0.2, -0.15) is 0 Å². The minimum absolute atomic E-state index is 0.0497. The van der Waals surface area contributed by atoms with Crippen molar-refractivity contribution >= 4 is 12.1 Å². The van der Waals surface area contributed by atoms with Crippen LogP contribution in [-0.2, 0) is 14.3 Å². The molecular weight excluding hydrogens is 238 g/mol. The van der Waals surface area contributed by atoms with E-state index >= 15 is 0 Å². The van der Waals surface area contributed by atoms with Gasteiger partial charge < -0.3 is 19.9 Å². The topological polar surface area (TPSA) is 84.9 Å². The van der Waals surface area contributed by atoms with Gasteiger partial charge in [0, 0.05) is 6.61 Å². The van der Waals surface area contributed by atoms with Gasteiger partial charge in [0.1, 0.15) is 11.6 Å². The van der Waals surface area contributed by atoms with Crippen molar-refractivity contribution in [3.8, 4) is 0 Å². The Morgan fingerprint density at radius 1 is 1.33 bits per heavy atom. The molecule has 0 fully saturated rings. The van der Waals surface area contributed by atoms with E-state index in [1.165, 1.54) is 0 Å². The second-order valence-electron chi connectivity index (χ2n) is 4.82. The predicted molar refractivity (Wildman–Crippen MR) is 66.1 cm³/mol. The molecule has 0 aliphatic carbocycles. The van der Waals surface area contributed by atoms with E-state index in [0.717, 1.165) is 0 Å². The van der Waals surface area contributed by atoms with Gasteiger partial charge in [0.05, 0.1) is 6.61 Å². The zero-order valence-corrected chi connectivity index (χ0v) is 11.5. The number of carbonyl (C=O) groups is 2. The van der Waals surface area contributed by atoms with Crippen LogP contribution in [0.25, 0.3) is 0 Å². The number of nitrogens with one attached hydrogen (secondary N) is 1. The summed E-state index contributed by atoms with van der Waals surface area (Å²) in [6.45, 7) is 7.09. The zero-order chi connectivity index (χ0) is 14.2. The first-order chi connectivity index (χ1) is 8.30. The Labute approximate surface area is 108 Å². The summed E-state index contributed by atoms with van der Waals surface area (Å²) >= 11 is 0. The molecule has 0 bridgehead atoms. The van der Waals surface area contributed by atoms with Crippen molar-refractivity contribution in [2.45, 2.75) is 52.2 Å². The summed E-state index contributed by atoms with van der Waals surface area (Å²) in [6, 6.07) is -0.785. The lowest BCUT2D eigenvalue weighted by molar-refractivity contribution is -0.145. The Morgan fingerprint density at radius 2 is 1.94 bits per heavy atom. The first-order valence-corrected chi connectivity index (χ1v) is 6.07. The van der Waals surface area contributed by atoms with Crippen LogP contribution < -0.4 is 5.32 Å². The smallest absolute Gasteiger partial charge is 0.408 e.